The van der Waals surface area contributed by atoms with Crippen LogP contribution in [0.2, 0.25) is 0 Å². The Labute approximate surface area is 180 Å². The molecule has 0 fully saturated rings. The Bertz CT molecular complexity index is 1190. The summed E-state index contributed by atoms with van der Waals surface area (Å²) in [5, 5.41) is 9.73. The maximum atomic E-state index is 13.1. The first-order valence-electron chi connectivity index (χ1n) is 10.0. The molecule has 0 aliphatic carbocycles. The zero-order chi connectivity index (χ0) is 22.0. The van der Waals surface area contributed by atoms with E-state index in [1.807, 2.05) is 36.4 Å². The minimum Gasteiger partial charge on any atom is -0.480 e. The summed E-state index contributed by atoms with van der Waals surface area (Å²) in [4.78, 5) is 11.9. The van der Waals surface area contributed by atoms with Gasteiger partial charge in [0.15, 0.2) is 0 Å². The predicted molar refractivity (Wildman–Crippen MR) is 117 cm³/mol. The van der Waals surface area contributed by atoms with E-state index in [0.29, 0.717) is 12.0 Å². The van der Waals surface area contributed by atoms with Crippen molar-refractivity contribution in [2.45, 2.75) is 18.9 Å². The molecule has 4 rings (SSSR count). The molecule has 0 saturated carbocycles. The van der Waals surface area contributed by atoms with E-state index in [1.54, 1.807) is 24.3 Å². The molecule has 0 spiro atoms. The second-order valence-corrected chi connectivity index (χ2v) is 9.61. The van der Waals surface area contributed by atoms with Gasteiger partial charge in [0.05, 0.1) is 5.75 Å². The van der Waals surface area contributed by atoms with Crippen molar-refractivity contribution in [1.82, 2.24) is 4.31 Å². The second kappa shape index (κ2) is 8.61. The van der Waals surface area contributed by atoms with Crippen LogP contribution in [0.5, 0.6) is 0 Å². The Balaban J connectivity index is 1.49. The van der Waals surface area contributed by atoms with Crippen molar-refractivity contribution in [3.8, 4) is 11.1 Å². The fourth-order valence-electron chi connectivity index (χ4n) is 3.97. The maximum Gasteiger partial charge on any atom is 0.326 e. The van der Waals surface area contributed by atoms with Crippen molar-refractivity contribution in [1.29, 1.82) is 0 Å². The van der Waals surface area contributed by atoms with Crippen LogP contribution in [-0.4, -0.2) is 36.1 Å². The third-order valence-electron chi connectivity index (χ3n) is 5.61. The van der Waals surface area contributed by atoms with E-state index >= 15 is 0 Å². The standard InChI is InChI=1S/C24H22FNO4S/c25-21-11-9-19(10-12-21)18-7-5-17(6-8-18)14-16-31(29,30)26-15-13-20-3-1-2-4-22(20)23(26)24(27)28/h1-12,23H,13-16H2,(H,27,28). The molecule has 5 nitrogen and oxygen atoms in total. The van der Waals surface area contributed by atoms with E-state index in [0.717, 1.165) is 26.6 Å². The number of carboxylic acids is 1. The number of hydrogen-bond acceptors (Lipinski definition) is 3. The summed E-state index contributed by atoms with van der Waals surface area (Å²) in [5.41, 5.74) is 4.02. The number of halogens is 1. The lowest BCUT2D eigenvalue weighted by Gasteiger charge is -2.33. The third-order valence-corrected chi connectivity index (χ3v) is 7.44. The monoisotopic (exact) mass is 439 g/mol. The molecule has 1 heterocycles. The molecule has 3 aromatic rings. The van der Waals surface area contributed by atoms with Gasteiger partial charge in [-0.15, -0.1) is 0 Å². The number of benzene rings is 3. The molecule has 1 N–H and O–H groups in total. The third kappa shape index (κ3) is 4.52. The summed E-state index contributed by atoms with van der Waals surface area (Å²) in [6.07, 6.45) is 0.766. The quantitative estimate of drug-likeness (QED) is 0.629. The van der Waals surface area contributed by atoms with Gasteiger partial charge in [-0.25, -0.2) is 12.8 Å². The normalized spacial score (nSPS) is 16.6. The molecule has 0 aromatic heterocycles. The van der Waals surface area contributed by atoms with Crippen LogP contribution in [0, 0.1) is 5.82 Å². The lowest BCUT2D eigenvalue weighted by molar-refractivity contribution is -0.142. The fourth-order valence-corrected chi connectivity index (χ4v) is 5.59. The highest BCUT2D eigenvalue weighted by Crippen LogP contribution is 2.32. The van der Waals surface area contributed by atoms with Gasteiger partial charge in [0, 0.05) is 6.54 Å². The Hall–Kier alpha value is -3.03. The SMILES string of the molecule is O=C(O)C1c2ccccc2CCN1S(=O)(=O)CCc1ccc(-c2ccc(F)cc2)cc1. The number of aliphatic carboxylic acids is 1. The van der Waals surface area contributed by atoms with E-state index < -0.39 is 22.0 Å². The molecule has 31 heavy (non-hydrogen) atoms. The molecule has 0 radical (unpaired) electrons. The number of sulfonamides is 1. The molecule has 1 aliphatic heterocycles. The van der Waals surface area contributed by atoms with E-state index in [-0.39, 0.29) is 24.5 Å². The zero-order valence-corrected chi connectivity index (χ0v) is 17.6. The summed E-state index contributed by atoms with van der Waals surface area (Å²) in [6, 6.07) is 19.5. The Morgan fingerprint density at radius 1 is 0.968 bits per heavy atom. The van der Waals surface area contributed by atoms with Crippen molar-refractivity contribution in [2.75, 3.05) is 12.3 Å². The van der Waals surface area contributed by atoms with Gasteiger partial charge in [-0.05, 0) is 52.8 Å². The minimum atomic E-state index is -3.77. The summed E-state index contributed by atoms with van der Waals surface area (Å²) >= 11 is 0. The number of nitrogens with zero attached hydrogens (tertiary/aromatic N) is 1. The zero-order valence-electron chi connectivity index (χ0n) is 16.7. The first-order chi connectivity index (χ1) is 14.8. The number of hydrogen-bond donors (Lipinski definition) is 1. The molecule has 0 bridgehead atoms. The van der Waals surface area contributed by atoms with Crippen LogP contribution < -0.4 is 0 Å². The Morgan fingerprint density at radius 3 is 2.23 bits per heavy atom. The van der Waals surface area contributed by atoms with Crippen molar-refractivity contribution in [3.63, 3.8) is 0 Å². The van der Waals surface area contributed by atoms with Crippen LogP contribution in [0.15, 0.2) is 72.8 Å². The maximum absolute atomic E-state index is 13.1. The summed E-state index contributed by atoms with van der Waals surface area (Å²) in [6.45, 7) is 0.153. The average Bonchev–Trinajstić information content (AvgIpc) is 2.77. The van der Waals surface area contributed by atoms with E-state index in [4.69, 9.17) is 0 Å². The highest BCUT2D eigenvalue weighted by molar-refractivity contribution is 7.89. The molecule has 7 heteroatoms. The average molecular weight is 440 g/mol. The molecule has 1 atom stereocenters. The molecular formula is C24H22FNO4S. The second-order valence-electron chi connectivity index (χ2n) is 7.57. The lowest BCUT2D eigenvalue weighted by Crippen LogP contribution is -2.44. The predicted octanol–water partition coefficient (Wildman–Crippen LogP) is 4.05. The summed E-state index contributed by atoms with van der Waals surface area (Å²) in [5.74, 6) is -1.64. The molecule has 160 valence electrons. The minimum absolute atomic E-state index is 0.153. The number of carboxylic acid groups (broad SMARTS) is 1. The first kappa shape index (κ1) is 21.2. The van der Waals surface area contributed by atoms with Crippen LogP contribution in [0.4, 0.5) is 4.39 Å². The molecule has 0 amide bonds. The van der Waals surface area contributed by atoms with Crippen LogP contribution in [0.3, 0.4) is 0 Å². The number of carbonyl (C=O) groups is 1. The number of fused-ring (bicyclic) bond motifs is 1. The first-order valence-corrected chi connectivity index (χ1v) is 11.6. The molecule has 1 unspecified atom stereocenters. The van der Waals surface area contributed by atoms with Crippen LogP contribution in [0.25, 0.3) is 11.1 Å². The van der Waals surface area contributed by atoms with Gasteiger partial charge in [0.2, 0.25) is 10.0 Å². The van der Waals surface area contributed by atoms with Crippen molar-refractivity contribution < 1.29 is 22.7 Å². The van der Waals surface area contributed by atoms with Crippen LogP contribution >= 0.6 is 0 Å². The summed E-state index contributed by atoms with van der Waals surface area (Å²) < 4.78 is 40.3. The molecule has 0 saturated heterocycles. The van der Waals surface area contributed by atoms with E-state index in [9.17, 15) is 22.7 Å². The summed E-state index contributed by atoms with van der Waals surface area (Å²) in [7, 11) is -3.77. The van der Waals surface area contributed by atoms with Gasteiger partial charge in [0.1, 0.15) is 11.9 Å². The Kier molecular flexibility index (Phi) is 5.89. The van der Waals surface area contributed by atoms with Crippen LogP contribution in [0.1, 0.15) is 22.7 Å². The number of rotatable bonds is 6. The van der Waals surface area contributed by atoms with Gasteiger partial charge in [-0.3, -0.25) is 4.79 Å². The highest BCUT2D eigenvalue weighted by atomic mass is 32.2. The molecule has 3 aromatic carbocycles. The van der Waals surface area contributed by atoms with Gasteiger partial charge in [0.25, 0.3) is 0 Å². The lowest BCUT2D eigenvalue weighted by atomic mass is 9.94. The largest absolute Gasteiger partial charge is 0.480 e. The van der Waals surface area contributed by atoms with Crippen molar-refractivity contribution in [3.05, 3.63) is 95.3 Å². The van der Waals surface area contributed by atoms with Gasteiger partial charge < -0.3 is 5.11 Å². The molecular weight excluding hydrogens is 417 g/mol. The fraction of sp³-hybridized carbons (Fsp3) is 0.208. The van der Waals surface area contributed by atoms with Crippen LogP contribution in [-0.2, 0) is 27.7 Å². The van der Waals surface area contributed by atoms with E-state index in [2.05, 4.69) is 0 Å². The highest BCUT2D eigenvalue weighted by Gasteiger charge is 2.39. The number of aryl methyl sites for hydroxylation is 1. The van der Waals surface area contributed by atoms with E-state index in [1.165, 1.54) is 12.1 Å². The topological polar surface area (TPSA) is 74.7 Å². The van der Waals surface area contributed by atoms with Crippen molar-refractivity contribution in [2.24, 2.45) is 0 Å². The molecule has 1 aliphatic rings. The van der Waals surface area contributed by atoms with Gasteiger partial charge in [-0.2, -0.15) is 4.31 Å². The Morgan fingerprint density at radius 2 is 1.58 bits per heavy atom. The van der Waals surface area contributed by atoms with Gasteiger partial charge >= 0.3 is 5.97 Å². The van der Waals surface area contributed by atoms with Gasteiger partial charge in [-0.1, -0.05) is 60.7 Å². The van der Waals surface area contributed by atoms with Crippen molar-refractivity contribution >= 4 is 16.0 Å². The smallest absolute Gasteiger partial charge is 0.326 e.